The van der Waals surface area contributed by atoms with Gasteiger partial charge in [-0.25, -0.2) is 15.0 Å². The summed E-state index contributed by atoms with van der Waals surface area (Å²) in [6, 6.07) is 9.45. The minimum atomic E-state index is 0.0690. The van der Waals surface area contributed by atoms with Crippen LogP contribution in [0.25, 0.3) is 5.82 Å². The smallest absolute Gasteiger partial charge is 0.253 e. The number of benzene rings is 1. The minimum Gasteiger partial charge on any atom is -0.353 e. The Morgan fingerprint density at radius 1 is 1.00 bits per heavy atom. The van der Waals surface area contributed by atoms with Gasteiger partial charge in [0.25, 0.3) is 5.91 Å². The second-order valence-electron chi connectivity index (χ2n) is 6.37. The van der Waals surface area contributed by atoms with Gasteiger partial charge in [-0.1, -0.05) is 15.9 Å². The topological polar surface area (TPSA) is 67.2 Å². The lowest BCUT2D eigenvalue weighted by molar-refractivity contribution is 0.0746. The zero-order valence-electron chi connectivity index (χ0n) is 14.9. The van der Waals surface area contributed by atoms with E-state index in [-0.39, 0.29) is 5.91 Å². The Morgan fingerprint density at radius 2 is 1.70 bits per heavy atom. The number of anilines is 1. The van der Waals surface area contributed by atoms with Crippen LogP contribution in [-0.2, 0) is 0 Å². The number of halogens is 1. The second-order valence-corrected chi connectivity index (χ2v) is 7.28. The van der Waals surface area contributed by atoms with E-state index in [0.29, 0.717) is 18.7 Å². The molecule has 3 heterocycles. The van der Waals surface area contributed by atoms with E-state index in [4.69, 9.17) is 0 Å². The largest absolute Gasteiger partial charge is 0.353 e. The third kappa shape index (κ3) is 3.71. The molecule has 1 fully saturated rings. The molecule has 138 valence electrons. The first-order valence-corrected chi connectivity index (χ1v) is 9.53. The molecule has 8 heteroatoms. The summed E-state index contributed by atoms with van der Waals surface area (Å²) in [6.07, 6.45) is 5.21. The van der Waals surface area contributed by atoms with Crippen LogP contribution >= 0.6 is 15.9 Å². The summed E-state index contributed by atoms with van der Waals surface area (Å²) < 4.78 is 2.90. The van der Waals surface area contributed by atoms with Crippen LogP contribution in [0.5, 0.6) is 0 Å². The summed E-state index contributed by atoms with van der Waals surface area (Å²) >= 11 is 3.40. The molecule has 0 N–H and O–H groups in total. The Balaban J connectivity index is 1.44. The van der Waals surface area contributed by atoms with E-state index >= 15 is 0 Å². The van der Waals surface area contributed by atoms with E-state index in [1.54, 1.807) is 12.5 Å². The third-order valence-electron chi connectivity index (χ3n) is 4.69. The molecule has 0 atom stereocenters. The van der Waals surface area contributed by atoms with Crippen LogP contribution in [-0.4, -0.2) is 56.5 Å². The molecule has 0 radical (unpaired) electrons. The lowest BCUT2D eigenvalue weighted by Gasteiger charge is -2.35. The molecule has 1 saturated heterocycles. The van der Waals surface area contributed by atoms with Crippen LogP contribution in [0.2, 0.25) is 0 Å². The molecule has 0 spiro atoms. The van der Waals surface area contributed by atoms with Crippen molar-refractivity contribution < 1.29 is 4.79 Å². The molecular formula is C19H19BrN6O. The Kier molecular flexibility index (Phi) is 4.89. The van der Waals surface area contributed by atoms with Gasteiger partial charge in [-0.15, -0.1) is 0 Å². The molecule has 0 bridgehead atoms. The van der Waals surface area contributed by atoms with Crippen LogP contribution in [0.3, 0.4) is 0 Å². The molecule has 3 aromatic rings. The first-order chi connectivity index (χ1) is 13.1. The van der Waals surface area contributed by atoms with Crippen molar-refractivity contribution in [2.24, 2.45) is 0 Å². The van der Waals surface area contributed by atoms with Crippen molar-refractivity contribution in [3.8, 4) is 5.82 Å². The normalized spacial score (nSPS) is 14.4. The molecule has 4 rings (SSSR count). The van der Waals surface area contributed by atoms with Gasteiger partial charge >= 0.3 is 0 Å². The molecule has 0 unspecified atom stereocenters. The fourth-order valence-corrected chi connectivity index (χ4v) is 3.44. The summed E-state index contributed by atoms with van der Waals surface area (Å²) in [5.74, 6) is 2.61. The number of aromatic nitrogens is 4. The highest BCUT2D eigenvalue weighted by molar-refractivity contribution is 9.10. The molecule has 7 nitrogen and oxygen atoms in total. The number of carbonyl (C=O) groups excluding carboxylic acids is 1. The zero-order chi connectivity index (χ0) is 18.8. The van der Waals surface area contributed by atoms with Crippen molar-refractivity contribution in [3.63, 3.8) is 0 Å². The number of hydrogen-bond acceptors (Lipinski definition) is 5. The van der Waals surface area contributed by atoms with E-state index in [9.17, 15) is 4.79 Å². The van der Waals surface area contributed by atoms with Gasteiger partial charge in [-0.3, -0.25) is 9.36 Å². The number of amides is 1. The first-order valence-electron chi connectivity index (χ1n) is 8.74. The minimum absolute atomic E-state index is 0.0690. The highest BCUT2D eigenvalue weighted by atomic mass is 79.9. The highest BCUT2D eigenvalue weighted by Crippen LogP contribution is 2.18. The van der Waals surface area contributed by atoms with E-state index in [2.05, 4.69) is 35.8 Å². The zero-order valence-corrected chi connectivity index (χ0v) is 16.5. The lowest BCUT2D eigenvalue weighted by Crippen LogP contribution is -2.49. The fraction of sp³-hybridized carbons (Fsp3) is 0.263. The van der Waals surface area contributed by atoms with Gasteiger partial charge in [0.15, 0.2) is 0 Å². The highest BCUT2D eigenvalue weighted by Gasteiger charge is 2.23. The van der Waals surface area contributed by atoms with Crippen LogP contribution in [0.1, 0.15) is 16.2 Å². The van der Waals surface area contributed by atoms with Crippen molar-refractivity contribution in [1.29, 1.82) is 0 Å². The average molecular weight is 427 g/mol. The van der Waals surface area contributed by atoms with Gasteiger partial charge in [0.05, 0.1) is 0 Å². The summed E-state index contributed by atoms with van der Waals surface area (Å²) in [5, 5.41) is 0. The number of nitrogens with zero attached hydrogens (tertiary/aromatic N) is 6. The van der Waals surface area contributed by atoms with E-state index in [0.717, 1.165) is 35.0 Å². The standard InChI is InChI=1S/C19H19BrN6O/c1-14-21-6-7-26(14)18-12-17(22-13-23-18)24-8-10-25(11-9-24)19(27)15-2-4-16(20)5-3-15/h2-7,12-13H,8-11H2,1H3. The maximum absolute atomic E-state index is 12.7. The molecule has 0 aliphatic carbocycles. The average Bonchev–Trinajstić information content (AvgIpc) is 3.14. The van der Waals surface area contributed by atoms with Crippen molar-refractivity contribution in [2.45, 2.75) is 6.92 Å². The molecule has 1 amide bonds. The Labute approximate surface area is 165 Å². The molecule has 0 saturated carbocycles. The number of piperazine rings is 1. The summed E-state index contributed by atoms with van der Waals surface area (Å²) in [6.45, 7) is 4.74. The van der Waals surface area contributed by atoms with E-state index < -0.39 is 0 Å². The maximum Gasteiger partial charge on any atom is 0.253 e. The van der Waals surface area contributed by atoms with Gasteiger partial charge in [0.2, 0.25) is 0 Å². The summed E-state index contributed by atoms with van der Waals surface area (Å²) in [7, 11) is 0. The summed E-state index contributed by atoms with van der Waals surface area (Å²) in [4.78, 5) is 29.7. The van der Waals surface area contributed by atoms with Crippen LogP contribution in [0.4, 0.5) is 5.82 Å². The number of aryl methyl sites for hydroxylation is 1. The Morgan fingerprint density at radius 3 is 2.37 bits per heavy atom. The van der Waals surface area contributed by atoms with Gasteiger partial charge in [0.1, 0.15) is 23.8 Å². The van der Waals surface area contributed by atoms with Crippen molar-refractivity contribution in [1.82, 2.24) is 24.4 Å². The molecule has 1 aromatic carbocycles. The maximum atomic E-state index is 12.7. The molecular weight excluding hydrogens is 408 g/mol. The Bertz CT molecular complexity index is 947. The van der Waals surface area contributed by atoms with E-state index in [1.807, 2.05) is 52.9 Å². The monoisotopic (exact) mass is 426 g/mol. The SMILES string of the molecule is Cc1nccn1-c1cc(N2CCN(C(=O)c3ccc(Br)cc3)CC2)ncn1. The number of imidazole rings is 1. The number of hydrogen-bond donors (Lipinski definition) is 0. The van der Waals surface area contributed by atoms with Gasteiger partial charge in [-0.05, 0) is 31.2 Å². The van der Waals surface area contributed by atoms with Crippen molar-refractivity contribution >= 4 is 27.7 Å². The lowest BCUT2D eigenvalue weighted by atomic mass is 10.2. The predicted molar refractivity (Wildman–Crippen MR) is 106 cm³/mol. The van der Waals surface area contributed by atoms with Crippen LogP contribution in [0, 0.1) is 6.92 Å². The molecule has 2 aromatic heterocycles. The molecule has 1 aliphatic heterocycles. The van der Waals surface area contributed by atoms with E-state index in [1.165, 1.54) is 0 Å². The predicted octanol–water partition coefficient (Wildman–Crippen LogP) is 2.70. The Hall–Kier alpha value is -2.74. The van der Waals surface area contributed by atoms with Gasteiger partial charge < -0.3 is 9.80 Å². The van der Waals surface area contributed by atoms with Crippen molar-refractivity contribution in [3.05, 3.63) is 64.9 Å². The fourth-order valence-electron chi connectivity index (χ4n) is 3.18. The van der Waals surface area contributed by atoms with Crippen LogP contribution < -0.4 is 4.90 Å². The van der Waals surface area contributed by atoms with Gasteiger partial charge in [0, 0.05) is 54.7 Å². The van der Waals surface area contributed by atoms with Crippen LogP contribution in [0.15, 0.2) is 53.5 Å². The summed E-state index contributed by atoms with van der Waals surface area (Å²) in [5.41, 5.74) is 0.714. The second kappa shape index (κ2) is 7.48. The molecule has 27 heavy (non-hydrogen) atoms. The first kappa shape index (κ1) is 17.7. The number of rotatable bonds is 3. The number of carbonyl (C=O) groups is 1. The quantitative estimate of drug-likeness (QED) is 0.643. The van der Waals surface area contributed by atoms with Crippen molar-refractivity contribution in [2.75, 3.05) is 31.1 Å². The third-order valence-corrected chi connectivity index (χ3v) is 5.22. The molecule has 1 aliphatic rings. The van der Waals surface area contributed by atoms with Gasteiger partial charge in [-0.2, -0.15) is 0 Å².